The standard InChI is InChI=1S/C20H26N8O5/c1-28(9-11-8-23-17-15(24-11)16(21)26-20(22)27-17)12-4-2-10(3-5-12)18(31)25-13(19(32)33)6-7-14(29)30/h2,4-5,8,10,13-14,29-30H,3,6-7,9H2,1H3,(H,25,31)(H,32,33)(H4,21,22,23,26,27). The first-order valence-electron chi connectivity index (χ1n) is 10.2. The molecule has 2 aromatic heterocycles. The fourth-order valence-corrected chi connectivity index (χ4v) is 3.33. The molecule has 0 saturated heterocycles. The first kappa shape index (κ1) is 23.8. The number of allylic oxidation sites excluding steroid dienone is 2. The van der Waals surface area contributed by atoms with Crippen LogP contribution in [0, 0.1) is 5.92 Å². The van der Waals surface area contributed by atoms with E-state index in [1.165, 1.54) is 0 Å². The minimum Gasteiger partial charge on any atom is -0.480 e. The number of hydrogen-bond donors (Lipinski definition) is 6. The van der Waals surface area contributed by atoms with Gasteiger partial charge in [0, 0.05) is 19.2 Å². The number of likely N-dealkylation sites (N-methyl/N-ethyl adjacent to an activating group) is 1. The number of nitrogens with one attached hydrogen (secondary N) is 1. The number of aliphatic hydroxyl groups excluding tert-OH is 1. The molecule has 33 heavy (non-hydrogen) atoms. The second-order valence-electron chi connectivity index (χ2n) is 7.64. The Kier molecular flexibility index (Phi) is 7.35. The number of nitrogens with two attached hydrogens (primary N) is 2. The van der Waals surface area contributed by atoms with Crippen LogP contribution in [0.3, 0.4) is 0 Å². The van der Waals surface area contributed by atoms with Crippen LogP contribution in [0.2, 0.25) is 0 Å². The average Bonchev–Trinajstić information content (AvgIpc) is 2.76. The van der Waals surface area contributed by atoms with Crippen LogP contribution < -0.4 is 16.8 Å². The predicted molar refractivity (Wildman–Crippen MR) is 118 cm³/mol. The van der Waals surface area contributed by atoms with Gasteiger partial charge in [0.25, 0.3) is 0 Å². The number of carboxylic acid groups (broad SMARTS) is 1. The highest BCUT2D eigenvalue weighted by Gasteiger charge is 2.25. The van der Waals surface area contributed by atoms with Crippen molar-refractivity contribution in [3.05, 3.63) is 35.8 Å². The molecule has 2 heterocycles. The third-order valence-electron chi connectivity index (χ3n) is 5.09. The summed E-state index contributed by atoms with van der Waals surface area (Å²) in [6, 6.07) is -1.20. The third-order valence-corrected chi connectivity index (χ3v) is 5.09. The van der Waals surface area contributed by atoms with Gasteiger partial charge in [0.2, 0.25) is 11.9 Å². The van der Waals surface area contributed by atoms with E-state index < -0.39 is 30.1 Å². The molecule has 0 fully saturated rings. The van der Waals surface area contributed by atoms with Gasteiger partial charge < -0.3 is 37.0 Å². The number of anilines is 2. The van der Waals surface area contributed by atoms with Gasteiger partial charge in [0.1, 0.15) is 6.04 Å². The van der Waals surface area contributed by atoms with Crippen LogP contribution in [0.25, 0.3) is 11.2 Å². The van der Waals surface area contributed by atoms with Crippen LogP contribution >= 0.6 is 0 Å². The van der Waals surface area contributed by atoms with Gasteiger partial charge in [0.15, 0.2) is 23.3 Å². The van der Waals surface area contributed by atoms with E-state index in [0.29, 0.717) is 29.8 Å². The van der Waals surface area contributed by atoms with Crippen LogP contribution in [0.15, 0.2) is 30.1 Å². The second kappa shape index (κ2) is 10.2. The van der Waals surface area contributed by atoms with Crippen molar-refractivity contribution < 1.29 is 24.9 Å². The summed E-state index contributed by atoms with van der Waals surface area (Å²) in [5, 5.41) is 29.5. The highest BCUT2D eigenvalue weighted by Crippen LogP contribution is 2.21. The highest BCUT2D eigenvalue weighted by molar-refractivity contribution is 5.86. The van der Waals surface area contributed by atoms with Crippen molar-refractivity contribution in [1.29, 1.82) is 0 Å². The third kappa shape index (κ3) is 6.11. The van der Waals surface area contributed by atoms with Crippen LogP contribution in [0.4, 0.5) is 11.8 Å². The molecule has 0 radical (unpaired) electrons. The number of aliphatic carboxylic acids is 1. The molecular weight excluding hydrogens is 432 g/mol. The largest absolute Gasteiger partial charge is 0.480 e. The number of carbonyl (C=O) groups is 2. The summed E-state index contributed by atoms with van der Waals surface area (Å²) in [6.45, 7) is 0.407. The summed E-state index contributed by atoms with van der Waals surface area (Å²) >= 11 is 0. The number of rotatable bonds is 9. The van der Waals surface area contributed by atoms with Gasteiger partial charge in [-0.1, -0.05) is 12.2 Å². The zero-order valence-corrected chi connectivity index (χ0v) is 17.9. The number of aromatic nitrogens is 4. The number of amides is 1. The highest BCUT2D eigenvalue weighted by atomic mass is 16.5. The summed E-state index contributed by atoms with van der Waals surface area (Å²) in [5.41, 5.74) is 13.6. The Balaban J connectivity index is 1.60. The zero-order valence-electron chi connectivity index (χ0n) is 17.9. The molecule has 1 amide bonds. The lowest BCUT2D eigenvalue weighted by molar-refractivity contribution is -0.143. The SMILES string of the molecule is CN(Cc1cnc2nc(N)nc(N)c2n1)C1=CCC(C(=O)NC(CCC(O)O)C(=O)O)C=C1. The van der Waals surface area contributed by atoms with E-state index in [1.807, 2.05) is 18.0 Å². The molecule has 8 N–H and O–H groups in total. The Bertz CT molecular complexity index is 1100. The molecular formula is C20H26N8O5. The molecule has 0 aliphatic heterocycles. The van der Waals surface area contributed by atoms with Crippen LogP contribution in [-0.2, 0) is 16.1 Å². The molecule has 13 nitrogen and oxygen atoms in total. The van der Waals surface area contributed by atoms with Crippen LogP contribution in [-0.4, -0.2) is 71.4 Å². The number of aliphatic hydroxyl groups is 2. The minimum atomic E-state index is -1.63. The number of hydrogen-bond acceptors (Lipinski definition) is 11. The maximum absolute atomic E-state index is 12.5. The predicted octanol–water partition coefficient (Wildman–Crippen LogP) is -0.864. The van der Waals surface area contributed by atoms with Gasteiger partial charge in [0.05, 0.1) is 24.4 Å². The molecule has 0 saturated carbocycles. The zero-order chi connectivity index (χ0) is 24.1. The van der Waals surface area contributed by atoms with E-state index >= 15 is 0 Å². The van der Waals surface area contributed by atoms with E-state index in [-0.39, 0.29) is 24.6 Å². The monoisotopic (exact) mass is 458 g/mol. The van der Waals surface area contributed by atoms with E-state index in [1.54, 1.807) is 18.3 Å². The quantitative estimate of drug-likeness (QED) is 0.253. The summed E-state index contributed by atoms with van der Waals surface area (Å²) in [5.74, 6) is -2.04. The van der Waals surface area contributed by atoms with Crippen LogP contribution in [0.5, 0.6) is 0 Å². The van der Waals surface area contributed by atoms with Gasteiger partial charge >= 0.3 is 5.97 Å². The lowest BCUT2D eigenvalue weighted by Crippen LogP contribution is -2.44. The van der Waals surface area contributed by atoms with Crippen molar-refractivity contribution in [1.82, 2.24) is 30.2 Å². The Hall–Kier alpha value is -3.84. The number of fused-ring (bicyclic) bond motifs is 1. The first-order valence-corrected chi connectivity index (χ1v) is 10.2. The number of carbonyl (C=O) groups excluding carboxylic acids is 1. The van der Waals surface area contributed by atoms with Crippen molar-refractivity contribution in [2.75, 3.05) is 18.5 Å². The summed E-state index contributed by atoms with van der Waals surface area (Å²) in [7, 11) is 1.85. The number of carboxylic acids is 1. The summed E-state index contributed by atoms with van der Waals surface area (Å²) in [6.07, 6.45) is 5.40. The fraction of sp³-hybridized carbons (Fsp3) is 0.400. The van der Waals surface area contributed by atoms with E-state index in [0.717, 1.165) is 5.70 Å². The van der Waals surface area contributed by atoms with Gasteiger partial charge in [-0.3, -0.25) is 4.79 Å². The van der Waals surface area contributed by atoms with Crippen LogP contribution in [0.1, 0.15) is 25.0 Å². The Morgan fingerprint density at radius 3 is 2.64 bits per heavy atom. The topological polar surface area (TPSA) is 214 Å². The fourth-order valence-electron chi connectivity index (χ4n) is 3.33. The molecule has 3 rings (SSSR count). The Morgan fingerprint density at radius 2 is 2.00 bits per heavy atom. The number of nitrogens with zero attached hydrogens (tertiary/aromatic N) is 5. The van der Waals surface area contributed by atoms with Crippen molar-refractivity contribution in [3.63, 3.8) is 0 Å². The second-order valence-corrected chi connectivity index (χ2v) is 7.64. The first-order chi connectivity index (χ1) is 15.6. The summed E-state index contributed by atoms with van der Waals surface area (Å²) in [4.78, 5) is 42.3. The summed E-state index contributed by atoms with van der Waals surface area (Å²) < 4.78 is 0. The van der Waals surface area contributed by atoms with Gasteiger partial charge in [-0.05, 0) is 18.9 Å². The van der Waals surface area contributed by atoms with E-state index in [2.05, 4.69) is 25.3 Å². The Labute approximate surface area is 188 Å². The number of nitrogen functional groups attached to an aromatic ring is 2. The molecule has 13 heteroatoms. The lowest BCUT2D eigenvalue weighted by Gasteiger charge is -2.25. The minimum absolute atomic E-state index is 0.0240. The van der Waals surface area contributed by atoms with Gasteiger partial charge in [-0.2, -0.15) is 9.97 Å². The van der Waals surface area contributed by atoms with Gasteiger partial charge in [-0.15, -0.1) is 0 Å². The molecule has 176 valence electrons. The van der Waals surface area contributed by atoms with Crippen molar-refractivity contribution in [3.8, 4) is 0 Å². The smallest absolute Gasteiger partial charge is 0.326 e. The normalized spacial score (nSPS) is 16.5. The Morgan fingerprint density at radius 1 is 1.24 bits per heavy atom. The molecule has 2 aromatic rings. The van der Waals surface area contributed by atoms with E-state index in [9.17, 15) is 14.7 Å². The molecule has 2 atom stereocenters. The van der Waals surface area contributed by atoms with Crippen molar-refractivity contribution >= 4 is 34.8 Å². The maximum atomic E-state index is 12.5. The van der Waals surface area contributed by atoms with Crippen molar-refractivity contribution in [2.45, 2.75) is 38.1 Å². The molecule has 1 aliphatic rings. The van der Waals surface area contributed by atoms with Crippen molar-refractivity contribution in [2.24, 2.45) is 5.92 Å². The molecule has 0 spiro atoms. The molecule has 2 unspecified atom stereocenters. The molecule has 1 aliphatic carbocycles. The lowest BCUT2D eigenvalue weighted by atomic mass is 9.97. The van der Waals surface area contributed by atoms with E-state index in [4.69, 9.17) is 21.7 Å². The van der Waals surface area contributed by atoms with Gasteiger partial charge in [-0.25, -0.2) is 14.8 Å². The molecule has 0 bridgehead atoms. The maximum Gasteiger partial charge on any atom is 0.326 e. The average molecular weight is 458 g/mol. The molecule has 0 aromatic carbocycles.